The fourth-order valence-electron chi connectivity index (χ4n) is 2.89. The van der Waals surface area contributed by atoms with Gasteiger partial charge in [-0.1, -0.05) is 31.0 Å². The van der Waals surface area contributed by atoms with Crippen LogP contribution in [0, 0.1) is 11.3 Å². The van der Waals surface area contributed by atoms with Crippen molar-refractivity contribution in [2.24, 2.45) is 0 Å². The SMILES string of the molecule is N#CC1CCCCCc2c1[nH]c1ccccc21. The number of nitrogens with zero attached hydrogens (tertiary/aromatic N) is 1. The zero-order valence-electron chi connectivity index (χ0n) is 9.87. The summed E-state index contributed by atoms with van der Waals surface area (Å²) in [5.41, 5.74) is 3.74. The summed E-state index contributed by atoms with van der Waals surface area (Å²) < 4.78 is 0. The van der Waals surface area contributed by atoms with E-state index in [1.807, 2.05) is 6.07 Å². The summed E-state index contributed by atoms with van der Waals surface area (Å²) in [6, 6.07) is 10.9. The van der Waals surface area contributed by atoms with E-state index in [-0.39, 0.29) is 5.92 Å². The van der Waals surface area contributed by atoms with E-state index in [4.69, 9.17) is 0 Å². The lowest BCUT2D eigenvalue weighted by atomic mass is 9.90. The molecule has 0 spiro atoms. The summed E-state index contributed by atoms with van der Waals surface area (Å²) in [5, 5.41) is 10.6. The molecule has 0 saturated heterocycles. The lowest BCUT2D eigenvalue weighted by Gasteiger charge is -2.14. The molecule has 2 aromatic rings. The van der Waals surface area contributed by atoms with Gasteiger partial charge in [-0.15, -0.1) is 0 Å². The number of benzene rings is 1. The van der Waals surface area contributed by atoms with E-state index in [0.29, 0.717) is 0 Å². The van der Waals surface area contributed by atoms with Crippen LogP contribution in [0.4, 0.5) is 0 Å². The van der Waals surface area contributed by atoms with Gasteiger partial charge in [-0.25, -0.2) is 0 Å². The Morgan fingerprint density at radius 3 is 2.94 bits per heavy atom. The molecule has 0 saturated carbocycles. The third kappa shape index (κ3) is 1.72. The highest BCUT2D eigenvalue weighted by atomic mass is 14.7. The van der Waals surface area contributed by atoms with Crippen molar-refractivity contribution in [2.45, 2.75) is 38.0 Å². The van der Waals surface area contributed by atoms with Gasteiger partial charge in [-0.2, -0.15) is 5.26 Å². The van der Waals surface area contributed by atoms with Crippen LogP contribution in [0.25, 0.3) is 10.9 Å². The molecule has 0 radical (unpaired) electrons. The predicted molar refractivity (Wildman–Crippen MR) is 68.8 cm³/mol. The van der Waals surface area contributed by atoms with Crippen molar-refractivity contribution >= 4 is 10.9 Å². The van der Waals surface area contributed by atoms with Crippen LogP contribution in [0.1, 0.15) is 42.9 Å². The fraction of sp³-hybridized carbons (Fsp3) is 0.400. The van der Waals surface area contributed by atoms with Crippen LogP contribution in [0.15, 0.2) is 24.3 Å². The number of fused-ring (bicyclic) bond motifs is 3. The van der Waals surface area contributed by atoms with Crippen molar-refractivity contribution in [2.75, 3.05) is 0 Å². The molecule has 86 valence electrons. The van der Waals surface area contributed by atoms with E-state index in [1.54, 1.807) is 0 Å². The van der Waals surface area contributed by atoms with Crippen molar-refractivity contribution in [1.29, 1.82) is 5.26 Å². The minimum Gasteiger partial charge on any atom is -0.357 e. The summed E-state index contributed by atoms with van der Waals surface area (Å²) in [6.07, 6.45) is 5.77. The molecule has 1 N–H and O–H groups in total. The highest BCUT2D eigenvalue weighted by Gasteiger charge is 2.20. The van der Waals surface area contributed by atoms with E-state index < -0.39 is 0 Å². The molecular weight excluding hydrogens is 208 g/mol. The summed E-state index contributed by atoms with van der Waals surface area (Å²) in [5.74, 6) is 0.0534. The molecule has 0 aliphatic heterocycles. The van der Waals surface area contributed by atoms with E-state index >= 15 is 0 Å². The van der Waals surface area contributed by atoms with Crippen LogP contribution in [-0.2, 0) is 6.42 Å². The second-order valence-corrected chi connectivity index (χ2v) is 4.84. The third-order valence-corrected chi connectivity index (χ3v) is 3.77. The number of rotatable bonds is 0. The third-order valence-electron chi connectivity index (χ3n) is 3.77. The molecule has 2 heteroatoms. The summed E-state index contributed by atoms with van der Waals surface area (Å²) in [7, 11) is 0. The number of para-hydroxylation sites is 1. The Morgan fingerprint density at radius 1 is 1.18 bits per heavy atom. The molecule has 1 aliphatic carbocycles. The monoisotopic (exact) mass is 224 g/mol. The molecule has 1 aromatic heterocycles. The van der Waals surface area contributed by atoms with Gasteiger partial charge < -0.3 is 4.98 Å². The van der Waals surface area contributed by atoms with Crippen LogP contribution in [0.5, 0.6) is 0 Å². The normalized spacial score (nSPS) is 20.3. The highest BCUT2D eigenvalue weighted by molar-refractivity contribution is 5.85. The number of H-pyrrole nitrogens is 1. The van der Waals surface area contributed by atoms with Gasteiger partial charge >= 0.3 is 0 Å². The Balaban J connectivity index is 2.21. The van der Waals surface area contributed by atoms with Crippen molar-refractivity contribution < 1.29 is 0 Å². The summed E-state index contributed by atoms with van der Waals surface area (Å²) >= 11 is 0. The summed E-state index contributed by atoms with van der Waals surface area (Å²) in [6.45, 7) is 0. The number of nitriles is 1. The van der Waals surface area contributed by atoms with Gasteiger partial charge in [-0.3, -0.25) is 0 Å². The maximum Gasteiger partial charge on any atom is 0.0865 e. The van der Waals surface area contributed by atoms with Gasteiger partial charge in [0.05, 0.1) is 12.0 Å². The second-order valence-electron chi connectivity index (χ2n) is 4.84. The molecular formula is C15H16N2. The Labute approximate surface area is 101 Å². The molecule has 1 aliphatic rings. The number of aryl methyl sites for hydroxylation is 1. The molecule has 3 rings (SSSR count). The molecule has 1 aromatic carbocycles. The minimum atomic E-state index is 0.0534. The lowest BCUT2D eigenvalue weighted by molar-refractivity contribution is 0.585. The maximum absolute atomic E-state index is 9.31. The molecule has 2 nitrogen and oxygen atoms in total. The van der Waals surface area contributed by atoms with Crippen molar-refractivity contribution in [3.05, 3.63) is 35.5 Å². The van der Waals surface area contributed by atoms with Crippen molar-refractivity contribution in [3.63, 3.8) is 0 Å². The van der Waals surface area contributed by atoms with Crippen LogP contribution in [-0.4, -0.2) is 4.98 Å². The van der Waals surface area contributed by atoms with Gasteiger partial charge in [0.2, 0.25) is 0 Å². The first-order valence-electron chi connectivity index (χ1n) is 6.39. The van der Waals surface area contributed by atoms with Crippen LogP contribution < -0.4 is 0 Å². The molecule has 0 fully saturated rings. The molecule has 17 heavy (non-hydrogen) atoms. The molecule has 1 atom stereocenters. The van der Waals surface area contributed by atoms with E-state index in [2.05, 4.69) is 29.3 Å². The van der Waals surface area contributed by atoms with Crippen molar-refractivity contribution in [3.8, 4) is 6.07 Å². The number of aromatic nitrogens is 1. The number of hydrogen-bond donors (Lipinski definition) is 1. The number of nitrogens with one attached hydrogen (secondary N) is 1. The zero-order chi connectivity index (χ0) is 11.7. The van der Waals surface area contributed by atoms with Crippen molar-refractivity contribution in [1.82, 2.24) is 4.98 Å². The van der Waals surface area contributed by atoms with Crippen LogP contribution in [0.3, 0.4) is 0 Å². The van der Waals surface area contributed by atoms with Gasteiger partial charge in [-0.05, 0) is 30.9 Å². The van der Waals surface area contributed by atoms with Crippen LogP contribution >= 0.6 is 0 Å². The first kappa shape index (κ1) is 10.4. The fourth-order valence-corrected chi connectivity index (χ4v) is 2.89. The van der Waals surface area contributed by atoms with E-state index in [0.717, 1.165) is 12.8 Å². The van der Waals surface area contributed by atoms with Gasteiger partial charge in [0.1, 0.15) is 0 Å². The standard InChI is InChI=1S/C15H16N2/c16-10-11-6-2-1-3-8-13-12-7-4-5-9-14(12)17-15(11)13/h4-5,7,9,11,17H,1-3,6,8H2. The largest absolute Gasteiger partial charge is 0.357 e. The minimum absolute atomic E-state index is 0.0534. The maximum atomic E-state index is 9.31. The first-order valence-corrected chi connectivity index (χ1v) is 6.39. The Hall–Kier alpha value is -1.75. The Morgan fingerprint density at radius 2 is 2.06 bits per heavy atom. The second kappa shape index (κ2) is 4.25. The van der Waals surface area contributed by atoms with Crippen LogP contribution in [0.2, 0.25) is 0 Å². The summed E-state index contributed by atoms with van der Waals surface area (Å²) in [4.78, 5) is 3.46. The molecule has 0 amide bonds. The lowest BCUT2D eigenvalue weighted by Crippen LogP contribution is -2.04. The van der Waals surface area contributed by atoms with Gasteiger partial charge in [0.25, 0.3) is 0 Å². The number of aromatic amines is 1. The zero-order valence-corrected chi connectivity index (χ0v) is 9.87. The van der Waals surface area contributed by atoms with E-state index in [9.17, 15) is 5.26 Å². The average molecular weight is 224 g/mol. The quantitative estimate of drug-likeness (QED) is 0.724. The highest BCUT2D eigenvalue weighted by Crippen LogP contribution is 2.33. The van der Waals surface area contributed by atoms with Gasteiger partial charge in [0, 0.05) is 16.6 Å². The molecule has 0 bridgehead atoms. The Bertz CT molecular complexity index is 574. The predicted octanol–water partition coefficient (Wildman–Crippen LogP) is 3.89. The average Bonchev–Trinajstić information content (AvgIpc) is 2.68. The number of hydrogen-bond acceptors (Lipinski definition) is 1. The van der Waals surface area contributed by atoms with Gasteiger partial charge in [0.15, 0.2) is 0 Å². The topological polar surface area (TPSA) is 39.6 Å². The first-order chi connectivity index (χ1) is 8.40. The Kier molecular flexibility index (Phi) is 2.60. The molecule has 1 heterocycles. The molecule has 1 unspecified atom stereocenters. The van der Waals surface area contributed by atoms with E-state index in [1.165, 1.54) is 41.4 Å². The smallest absolute Gasteiger partial charge is 0.0865 e.